The molecule has 0 radical (unpaired) electrons. The molecule has 0 aliphatic carbocycles. The van der Waals surface area contributed by atoms with Gasteiger partial charge in [0, 0.05) is 6.54 Å². The van der Waals surface area contributed by atoms with Gasteiger partial charge in [-0.2, -0.15) is 0 Å². The Labute approximate surface area is 262 Å². The SMILES string of the molecule is CCCCCCCCCC(ON(OC(CCCCCCCCC)C(C)O)[C@H](C(=O)O)C(CCC)CCN=C(N)N)C(C)O. The highest BCUT2D eigenvalue weighted by molar-refractivity contribution is 5.75. The van der Waals surface area contributed by atoms with Gasteiger partial charge in [0.25, 0.3) is 0 Å². The number of aliphatic imine (C=N–C) groups is 1. The van der Waals surface area contributed by atoms with E-state index in [0.29, 0.717) is 25.7 Å². The molecule has 0 saturated heterocycles. The fourth-order valence-corrected chi connectivity index (χ4v) is 5.45. The predicted octanol–water partition coefficient (Wildman–Crippen LogP) is 6.46. The second kappa shape index (κ2) is 26.9. The topological polar surface area (TPSA) is 164 Å². The van der Waals surface area contributed by atoms with Crippen molar-refractivity contribution in [2.75, 3.05) is 6.54 Å². The largest absolute Gasteiger partial charge is 0.480 e. The molecular formula is C33H68N4O6. The molecular weight excluding hydrogens is 548 g/mol. The quantitative estimate of drug-likeness (QED) is 0.0263. The zero-order chi connectivity index (χ0) is 32.5. The number of hydrogen-bond acceptors (Lipinski definition) is 7. The number of carboxylic acids is 1. The van der Waals surface area contributed by atoms with Crippen LogP contribution in [0.2, 0.25) is 0 Å². The number of aliphatic carboxylic acids is 1. The number of nitrogens with zero attached hydrogens (tertiary/aromatic N) is 2. The van der Waals surface area contributed by atoms with Crippen molar-refractivity contribution >= 4 is 11.9 Å². The van der Waals surface area contributed by atoms with E-state index in [2.05, 4.69) is 18.8 Å². The molecule has 0 fully saturated rings. The number of aliphatic hydroxyl groups is 2. The van der Waals surface area contributed by atoms with Crippen LogP contribution < -0.4 is 11.5 Å². The van der Waals surface area contributed by atoms with Gasteiger partial charge in [0.15, 0.2) is 12.0 Å². The molecule has 7 N–H and O–H groups in total. The summed E-state index contributed by atoms with van der Waals surface area (Å²) in [6.07, 6.45) is 15.7. The molecule has 43 heavy (non-hydrogen) atoms. The zero-order valence-corrected chi connectivity index (χ0v) is 28.2. The van der Waals surface area contributed by atoms with Gasteiger partial charge in [0.1, 0.15) is 12.2 Å². The Bertz CT molecular complexity index is 658. The normalized spacial score (nSPS) is 16.0. The fourth-order valence-electron chi connectivity index (χ4n) is 5.45. The molecule has 0 aliphatic heterocycles. The summed E-state index contributed by atoms with van der Waals surface area (Å²) >= 11 is 0. The molecule has 256 valence electrons. The van der Waals surface area contributed by atoms with Crippen LogP contribution in [-0.2, 0) is 14.5 Å². The Hall–Kier alpha value is -1.46. The molecule has 0 aromatic rings. The van der Waals surface area contributed by atoms with Gasteiger partial charge in [-0.1, -0.05) is 122 Å². The minimum absolute atomic E-state index is 0.0424. The Morgan fingerprint density at radius 1 is 0.674 bits per heavy atom. The average molecular weight is 617 g/mol. The van der Waals surface area contributed by atoms with E-state index in [9.17, 15) is 20.1 Å². The Morgan fingerprint density at radius 2 is 1.09 bits per heavy atom. The molecule has 10 heteroatoms. The molecule has 0 aromatic heterocycles. The molecule has 10 nitrogen and oxygen atoms in total. The molecule has 0 rings (SSSR count). The number of aliphatic hydroxyl groups excluding tert-OH is 2. The first-order chi connectivity index (χ1) is 20.6. The molecule has 6 atom stereocenters. The molecule has 0 amide bonds. The average Bonchev–Trinajstić information content (AvgIpc) is 2.94. The lowest BCUT2D eigenvalue weighted by Gasteiger charge is -2.38. The maximum absolute atomic E-state index is 12.8. The number of hydrogen-bond donors (Lipinski definition) is 5. The van der Waals surface area contributed by atoms with Crippen LogP contribution in [-0.4, -0.2) is 69.5 Å². The Kier molecular flexibility index (Phi) is 26.0. The minimum Gasteiger partial charge on any atom is -0.480 e. The van der Waals surface area contributed by atoms with Crippen molar-refractivity contribution in [3.8, 4) is 0 Å². The number of unbranched alkanes of at least 4 members (excludes halogenated alkanes) is 12. The summed E-state index contributed by atoms with van der Waals surface area (Å²) in [7, 11) is 0. The summed E-state index contributed by atoms with van der Waals surface area (Å²) in [5.41, 5.74) is 11.1. The second-order valence-corrected chi connectivity index (χ2v) is 12.3. The van der Waals surface area contributed by atoms with Crippen molar-refractivity contribution < 1.29 is 29.8 Å². The van der Waals surface area contributed by atoms with Crippen molar-refractivity contribution in [1.82, 2.24) is 5.23 Å². The van der Waals surface area contributed by atoms with Crippen LogP contribution in [0.3, 0.4) is 0 Å². The lowest BCUT2D eigenvalue weighted by molar-refractivity contribution is -0.431. The van der Waals surface area contributed by atoms with Crippen LogP contribution in [0.1, 0.15) is 157 Å². The molecule has 0 aromatic carbocycles. The number of hydroxylamine groups is 2. The van der Waals surface area contributed by atoms with Crippen molar-refractivity contribution in [2.45, 2.75) is 187 Å². The summed E-state index contributed by atoms with van der Waals surface area (Å²) in [6.45, 7) is 9.99. The van der Waals surface area contributed by atoms with E-state index in [1.165, 1.54) is 51.4 Å². The van der Waals surface area contributed by atoms with Crippen LogP contribution >= 0.6 is 0 Å². The smallest absolute Gasteiger partial charge is 0.326 e. The van der Waals surface area contributed by atoms with Crippen molar-refractivity contribution in [3.63, 3.8) is 0 Å². The lowest BCUT2D eigenvalue weighted by atomic mass is 9.91. The molecule has 0 heterocycles. The summed E-state index contributed by atoms with van der Waals surface area (Å²) in [5.74, 6) is -1.52. The lowest BCUT2D eigenvalue weighted by Crippen LogP contribution is -2.52. The van der Waals surface area contributed by atoms with Crippen LogP contribution in [0.4, 0.5) is 0 Å². The number of rotatable bonds is 30. The highest BCUT2D eigenvalue weighted by atomic mass is 17.0. The number of nitrogens with two attached hydrogens (primary N) is 2. The van der Waals surface area contributed by atoms with E-state index in [4.69, 9.17) is 21.1 Å². The van der Waals surface area contributed by atoms with E-state index in [0.717, 1.165) is 50.2 Å². The van der Waals surface area contributed by atoms with Gasteiger partial charge in [0.2, 0.25) is 0 Å². The first-order valence-corrected chi connectivity index (χ1v) is 17.4. The van der Waals surface area contributed by atoms with E-state index in [-0.39, 0.29) is 18.4 Å². The first-order valence-electron chi connectivity index (χ1n) is 17.4. The number of guanidine groups is 1. The number of carbonyl (C=O) groups is 1. The second-order valence-electron chi connectivity index (χ2n) is 12.3. The third-order valence-electron chi connectivity index (χ3n) is 8.12. The standard InChI is InChI=1S/C33H68N4O6/c1-6-9-11-13-15-17-19-22-29(26(4)38)42-37(31(32(40)41)28(21-8-3)24-25-36-33(34)35)43-30(27(5)39)23-20-18-16-14-12-10-7-2/h26-31,38-39H,6-25H2,1-5H3,(H,40,41)(H4,34,35,36)/t26?,27?,28?,29?,30?,31-/m0/s1. The summed E-state index contributed by atoms with van der Waals surface area (Å²) in [4.78, 5) is 29.4. The van der Waals surface area contributed by atoms with Crippen LogP contribution in [0, 0.1) is 5.92 Å². The fraction of sp³-hybridized carbons (Fsp3) is 0.939. The third kappa shape index (κ3) is 21.0. The predicted molar refractivity (Wildman–Crippen MR) is 175 cm³/mol. The highest BCUT2D eigenvalue weighted by Crippen LogP contribution is 2.27. The van der Waals surface area contributed by atoms with Gasteiger partial charge < -0.3 is 26.8 Å². The van der Waals surface area contributed by atoms with Crippen molar-refractivity contribution in [2.24, 2.45) is 22.4 Å². The number of carboxylic acid groups (broad SMARTS) is 1. The monoisotopic (exact) mass is 617 g/mol. The Balaban J connectivity index is 5.84. The molecule has 0 spiro atoms. The van der Waals surface area contributed by atoms with Gasteiger partial charge in [-0.05, 0) is 45.4 Å². The Morgan fingerprint density at radius 3 is 1.44 bits per heavy atom. The van der Waals surface area contributed by atoms with Gasteiger partial charge >= 0.3 is 5.97 Å². The van der Waals surface area contributed by atoms with Crippen LogP contribution in [0.15, 0.2) is 4.99 Å². The molecule has 0 aliphatic rings. The molecule has 5 unspecified atom stereocenters. The highest BCUT2D eigenvalue weighted by Gasteiger charge is 2.39. The van der Waals surface area contributed by atoms with Crippen LogP contribution in [0.5, 0.6) is 0 Å². The maximum atomic E-state index is 12.8. The molecule has 0 bridgehead atoms. The van der Waals surface area contributed by atoms with Crippen molar-refractivity contribution in [1.29, 1.82) is 0 Å². The summed E-state index contributed by atoms with van der Waals surface area (Å²) in [6, 6.07) is -1.17. The first kappa shape index (κ1) is 41.5. The maximum Gasteiger partial charge on any atom is 0.326 e. The molecule has 0 saturated carbocycles. The summed E-state index contributed by atoms with van der Waals surface area (Å²) < 4.78 is 0. The van der Waals surface area contributed by atoms with Gasteiger partial charge in [0.05, 0.1) is 12.2 Å². The van der Waals surface area contributed by atoms with E-state index >= 15 is 0 Å². The summed E-state index contributed by atoms with van der Waals surface area (Å²) in [5, 5.41) is 32.9. The van der Waals surface area contributed by atoms with Crippen LogP contribution in [0.25, 0.3) is 0 Å². The third-order valence-corrected chi connectivity index (χ3v) is 8.12. The van der Waals surface area contributed by atoms with Gasteiger partial charge in [-0.25, -0.2) is 0 Å². The van der Waals surface area contributed by atoms with Gasteiger partial charge in [-0.15, -0.1) is 0 Å². The van der Waals surface area contributed by atoms with Gasteiger partial charge in [-0.3, -0.25) is 19.5 Å². The van der Waals surface area contributed by atoms with E-state index < -0.39 is 36.4 Å². The van der Waals surface area contributed by atoms with E-state index in [1.807, 2.05) is 6.92 Å². The minimum atomic E-state index is -1.17. The zero-order valence-electron chi connectivity index (χ0n) is 28.2. The van der Waals surface area contributed by atoms with E-state index in [1.54, 1.807) is 13.8 Å². The van der Waals surface area contributed by atoms with Crippen molar-refractivity contribution in [3.05, 3.63) is 0 Å².